The highest BCUT2D eigenvalue weighted by molar-refractivity contribution is 7.99. The number of aromatic nitrogens is 2. The fourth-order valence-electron chi connectivity index (χ4n) is 0.773. The quantitative estimate of drug-likeness (QED) is 0.653. The van der Waals surface area contributed by atoms with Crippen LogP contribution in [0.2, 0.25) is 0 Å². The van der Waals surface area contributed by atoms with E-state index in [4.69, 9.17) is 15.6 Å². The predicted octanol–water partition coefficient (Wildman–Crippen LogP) is -0.322. The lowest BCUT2D eigenvalue weighted by molar-refractivity contribution is 0.217. The van der Waals surface area contributed by atoms with Gasteiger partial charge in [0.05, 0.1) is 12.5 Å². The molecule has 2 rings (SSSR count). The zero-order valence-corrected chi connectivity index (χ0v) is 10.2. The van der Waals surface area contributed by atoms with Crippen molar-refractivity contribution >= 4 is 17.6 Å². The minimum Gasteiger partial charge on any atom is -0.400 e. The molecule has 92 valence electrons. The molecule has 1 aromatic heterocycles. The van der Waals surface area contributed by atoms with Crippen molar-refractivity contribution in [3.63, 3.8) is 0 Å². The van der Waals surface area contributed by atoms with E-state index in [1.54, 1.807) is 19.3 Å². The van der Waals surface area contributed by atoms with Crippen LogP contribution in [0.1, 0.15) is 0 Å². The van der Waals surface area contributed by atoms with Crippen LogP contribution in [-0.4, -0.2) is 40.1 Å². The van der Waals surface area contributed by atoms with Crippen molar-refractivity contribution in [2.24, 2.45) is 7.05 Å². The summed E-state index contributed by atoms with van der Waals surface area (Å²) in [7, 11) is 2.62. The first-order chi connectivity index (χ1) is 7.70. The number of ether oxygens (including phenoxy) is 1. The number of nitrogens with zero attached hydrogens (tertiary/aromatic N) is 2. The van der Waals surface area contributed by atoms with Gasteiger partial charge in [0.1, 0.15) is 5.82 Å². The largest absolute Gasteiger partial charge is 0.400 e. The van der Waals surface area contributed by atoms with Gasteiger partial charge in [-0.25, -0.2) is 4.79 Å². The van der Waals surface area contributed by atoms with Crippen molar-refractivity contribution in [3.8, 4) is 0 Å². The molecule has 0 radical (unpaired) electrons. The number of nitrogens with two attached hydrogens (primary N) is 1. The van der Waals surface area contributed by atoms with E-state index in [2.05, 4.69) is 4.98 Å². The maximum Gasteiger partial charge on any atom is 0.349 e. The molecule has 1 aromatic rings. The molecule has 16 heavy (non-hydrogen) atoms. The smallest absolute Gasteiger partial charge is 0.349 e. The normalized spacial score (nSPS) is 13.2. The fourth-order valence-corrected chi connectivity index (χ4v) is 1.36. The average Bonchev–Trinajstić information content (AvgIpc) is 2.85. The van der Waals surface area contributed by atoms with Crippen molar-refractivity contribution in [3.05, 3.63) is 22.7 Å². The Bertz CT molecular complexity index is 331. The van der Waals surface area contributed by atoms with Crippen LogP contribution in [0.15, 0.2) is 17.1 Å². The molecule has 0 aromatic carbocycles. The van der Waals surface area contributed by atoms with E-state index >= 15 is 0 Å². The average molecular weight is 247 g/mol. The van der Waals surface area contributed by atoms with Gasteiger partial charge in [-0.3, -0.25) is 0 Å². The molecule has 0 aliphatic carbocycles. The summed E-state index contributed by atoms with van der Waals surface area (Å²) in [4.78, 5) is 14.1. The number of hydrogen-bond donors (Lipinski definition) is 2. The van der Waals surface area contributed by atoms with Gasteiger partial charge in [-0.1, -0.05) is 0 Å². The van der Waals surface area contributed by atoms with Gasteiger partial charge >= 0.3 is 5.69 Å². The van der Waals surface area contributed by atoms with Gasteiger partial charge < -0.3 is 20.1 Å². The first-order valence-electron chi connectivity index (χ1n) is 4.59. The van der Waals surface area contributed by atoms with E-state index in [9.17, 15) is 4.79 Å². The summed E-state index contributed by atoms with van der Waals surface area (Å²) in [5.74, 6) is 2.37. The molecule has 0 saturated carbocycles. The van der Waals surface area contributed by atoms with Crippen molar-refractivity contribution in [2.75, 3.05) is 31.1 Å². The Kier molecular flexibility index (Phi) is 8.59. The molecule has 1 aliphatic rings. The monoisotopic (exact) mass is 247 g/mol. The van der Waals surface area contributed by atoms with Gasteiger partial charge in [-0.15, -0.1) is 11.8 Å². The number of nitrogen functional groups attached to an aromatic ring is 1. The second kappa shape index (κ2) is 9.20. The molecule has 1 fully saturated rings. The standard InChI is InChI=1S/C5H7N3O.C3H6OS.CH4O/c1-8-3-2-4(6)7-5(8)9;1-2-5-3-4-1;1-2/h2-3H,1H3,(H2,6,7,9);1-3H2;2H,1H3. The Labute approximate surface area is 98.4 Å². The molecule has 7 heteroatoms. The van der Waals surface area contributed by atoms with Crippen LogP contribution in [0.5, 0.6) is 0 Å². The highest BCUT2D eigenvalue weighted by Crippen LogP contribution is 2.06. The van der Waals surface area contributed by atoms with E-state index in [1.807, 2.05) is 11.8 Å². The first kappa shape index (κ1) is 14.9. The van der Waals surface area contributed by atoms with Crippen LogP contribution in [0.25, 0.3) is 0 Å². The molecule has 1 aliphatic heterocycles. The third-order valence-electron chi connectivity index (χ3n) is 1.53. The molecule has 0 bridgehead atoms. The number of hydrogen-bond acceptors (Lipinski definition) is 6. The Morgan fingerprint density at radius 3 is 2.62 bits per heavy atom. The summed E-state index contributed by atoms with van der Waals surface area (Å²) in [6.45, 7) is 0.963. The molecule has 0 unspecified atom stereocenters. The summed E-state index contributed by atoms with van der Waals surface area (Å²) in [6.07, 6.45) is 1.57. The minimum absolute atomic E-state index is 0.262. The van der Waals surface area contributed by atoms with Gasteiger partial charge in [-0.2, -0.15) is 4.98 Å². The maximum atomic E-state index is 10.6. The maximum absolute atomic E-state index is 10.6. The summed E-state index contributed by atoms with van der Waals surface area (Å²) in [5.41, 5.74) is 4.88. The second-order valence-electron chi connectivity index (χ2n) is 2.68. The van der Waals surface area contributed by atoms with Gasteiger partial charge in [0.15, 0.2) is 0 Å². The predicted molar refractivity (Wildman–Crippen MR) is 65.3 cm³/mol. The van der Waals surface area contributed by atoms with Crippen LogP contribution in [0.4, 0.5) is 5.82 Å². The lowest BCUT2D eigenvalue weighted by atomic mass is 10.6. The van der Waals surface area contributed by atoms with E-state index < -0.39 is 0 Å². The number of rotatable bonds is 0. The number of aliphatic hydroxyl groups is 1. The second-order valence-corrected chi connectivity index (χ2v) is 3.73. The third-order valence-corrected chi connectivity index (χ3v) is 2.32. The van der Waals surface area contributed by atoms with Crippen LogP contribution in [0, 0.1) is 0 Å². The Hall–Kier alpha value is -1.05. The number of aryl methyl sites for hydroxylation is 1. The van der Waals surface area contributed by atoms with Crippen LogP contribution >= 0.6 is 11.8 Å². The Morgan fingerprint density at radius 2 is 2.31 bits per heavy atom. The van der Waals surface area contributed by atoms with Crippen molar-refractivity contribution in [1.29, 1.82) is 0 Å². The van der Waals surface area contributed by atoms with E-state index in [1.165, 1.54) is 10.3 Å². The van der Waals surface area contributed by atoms with E-state index in [0.29, 0.717) is 0 Å². The third kappa shape index (κ3) is 6.44. The van der Waals surface area contributed by atoms with Crippen LogP contribution < -0.4 is 11.4 Å². The summed E-state index contributed by atoms with van der Waals surface area (Å²) < 4.78 is 6.26. The molecule has 3 N–H and O–H groups in total. The van der Waals surface area contributed by atoms with Gasteiger partial charge in [0.25, 0.3) is 0 Å². The molecule has 6 nitrogen and oxygen atoms in total. The number of anilines is 1. The fraction of sp³-hybridized carbons (Fsp3) is 0.556. The zero-order chi connectivity index (χ0) is 12.4. The topological polar surface area (TPSA) is 90.4 Å². The van der Waals surface area contributed by atoms with Gasteiger partial charge in [0, 0.05) is 26.1 Å². The molecule has 0 amide bonds. The molecular formula is C9H17N3O3S. The highest BCUT2D eigenvalue weighted by Gasteiger charge is 1.95. The Morgan fingerprint density at radius 1 is 1.62 bits per heavy atom. The minimum atomic E-state index is -0.324. The SMILES string of the molecule is C1CSCO1.CO.Cn1ccc(N)nc1=O. The van der Waals surface area contributed by atoms with E-state index in [-0.39, 0.29) is 11.5 Å². The molecule has 2 heterocycles. The van der Waals surface area contributed by atoms with Crippen molar-refractivity contribution in [2.45, 2.75) is 0 Å². The molecule has 1 saturated heterocycles. The zero-order valence-electron chi connectivity index (χ0n) is 9.42. The van der Waals surface area contributed by atoms with Crippen molar-refractivity contribution < 1.29 is 9.84 Å². The van der Waals surface area contributed by atoms with E-state index in [0.717, 1.165) is 19.7 Å². The number of aliphatic hydroxyl groups excluding tert-OH is 1. The van der Waals surface area contributed by atoms with Crippen LogP contribution in [0.3, 0.4) is 0 Å². The number of thioether (sulfide) groups is 1. The summed E-state index contributed by atoms with van der Waals surface area (Å²) in [5, 5.41) is 7.00. The lowest BCUT2D eigenvalue weighted by Crippen LogP contribution is -2.19. The summed E-state index contributed by atoms with van der Waals surface area (Å²) in [6, 6.07) is 1.57. The van der Waals surface area contributed by atoms with Crippen molar-refractivity contribution in [1.82, 2.24) is 9.55 Å². The van der Waals surface area contributed by atoms with Crippen LogP contribution in [-0.2, 0) is 11.8 Å². The lowest BCUT2D eigenvalue weighted by Gasteiger charge is -1.92. The summed E-state index contributed by atoms with van der Waals surface area (Å²) >= 11 is 1.85. The highest BCUT2D eigenvalue weighted by atomic mass is 32.2. The Balaban J connectivity index is 0.000000272. The first-order valence-corrected chi connectivity index (χ1v) is 5.75. The van der Waals surface area contributed by atoms with Gasteiger partial charge in [-0.05, 0) is 6.07 Å². The van der Waals surface area contributed by atoms with Gasteiger partial charge in [0.2, 0.25) is 0 Å². The molecular weight excluding hydrogens is 230 g/mol. The molecule has 0 atom stereocenters. The molecule has 0 spiro atoms.